The molecule has 1 atom stereocenters. The first kappa shape index (κ1) is 11.7. The van der Waals surface area contributed by atoms with Crippen molar-refractivity contribution in [3.05, 3.63) is 17.3 Å². The predicted molar refractivity (Wildman–Crippen MR) is 53.3 cm³/mol. The summed E-state index contributed by atoms with van der Waals surface area (Å²) < 4.78 is 5.29. The molecule has 6 nitrogen and oxygen atoms in total. The van der Waals surface area contributed by atoms with Gasteiger partial charge in [-0.1, -0.05) is 0 Å². The van der Waals surface area contributed by atoms with Crippen LogP contribution in [0.4, 0.5) is 0 Å². The number of rotatable bonds is 5. The predicted octanol–water partition coefficient (Wildman–Crippen LogP) is -0.207. The van der Waals surface area contributed by atoms with Gasteiger partial charge in [-0.05, 0) is 13.8 Å². The topological polar surface area (TPSA) is 101 Å². The lowest BCUT2D eigenvalue weighted by atomic mass is 10.3. The van der Waals surface area contributed by atoms with Gasteiger partial charge in [-0.2, -0.15) is 0 Å². The SMILES string of the molecule is Cc1nc(CNCC(N)C(=O)O)oc1C. The molecule has 0 spiro atoms. The van der Waals surface area contributed by atoms with Gasteiger partial charge in [0.05, 0.1) is 12.2 Å². The summed E-state index contributed by atoms with van der Waals surface area (Å²) in [5.74, 6) is 0.291. The monoisotopic (exact) mass is 213 g/mol. The van der Waals surface area contributed by atoms with E-state index in [9.17, 15) is 4.79 Å². The Morgan fingerprint density at radius 2 is 2.33 bits per heavy atom. The van der Waals surface area contributed by atoms with Crippen molar-refractivity contribution in [3.63, 3.8) is 0 Å². The van der Waals surface area contributed by atoms with E-state index >= 15 is 0 Å². The summed E-state index contributed by atoms with van der Waals surface area (Å²) in [5, 5.41) is 11.4. The highest BCUT2D eigenvalue weighted by atomic mass is 16.4. The molecular weight excluding hydrogens is 198 g/mol. The van der Waals surface area contributed by atoms with Crippen molar-refractivity contribution in [1.29, 1.82) is 0 Å². The Morgan fingerprint density at radius 1 is 1.67 bits per heavy atom. The molecule has 1 aromatic heterocycles. The van der Waals surface area contributed by atoms with E-state index in [2.05, 4.69) is 10.3 Å². The smallest absolute Gasteiger partial charge is 0.321 e. The number of carbonyl (C=O) groups is 1. The number of hydrogen-bond acceptors (Lipinski definition) is 5. The fourth-order valence-electron chi connectivity index (χ4n) is 1.04. The Bertz CT molecular complexity index is 329. The number of hydrogen-bond donors (Lipinski definition) is 3. The maximum Gasteiger partial charge on any atom is 0.321 e. The molecule has 1 unspecified atom stereocenters. The number of oxazole rings is 1. The molecule has 0 saturated carbocycles. The molecule has 84 valence electrons. The number of nitrogens with zero attached hydrogens (tertiary/aromatic N) is 1. The van der Waals surface area contributed by atoms with E-state index in [1.54, 1.807) is 0 Å². The van der Waals surface area contributed by atoms with Crippen molar-refractivity contribution in [2.45, 2.75) is 26.4 Å². The average Bonchev–Trinajstić information content (AvgIpc) is 2.46. The van der Waals surface area contributed by atoms with E-state index in [0.717, 1.165) is 11.5 Å². The minimum Gasteiger partial charge on any atom is -0.480 e. The summed E-state index contributed by atoms with van der Waals surface area (Å²) in [6, 6.07) is -0.901. The molecule has 0 fully saturated rings. The standard InChI is InChI=1S/C9H15N3O3/c1-5-6(2)15-8(12-5)4-11-3-7(10)9(13)14/h7,11H,3-4,10H2,1-2H3,(H,13,14). The molecule has 0 aliphatic carbocycles. The third kappa shape index (κ3) is 3.34. The van der Waals surface area contributed by atoms with Crippen LogP contribution in [-0.4, -0.2) is 28.6 Å². The Labute approximate surface area is 87.5 Å². The first-order valence-electron chi connectivity index (χ1n) is 4.62. The third-order valence-corrected chi connectivity index (χ3v) is 2.03. The van der Waals surface area contributed by atoms with Crippen LogP contribution in [0.5, 0.6) is 0 Å². The van der Waals surface area contributed by atoms with E-state index in [0.29, 0.717) is 12.4 Å². The summed E-state index contributed by atoms with van der Waals surface area (Å²) in [6.45, 7) is 4.26. The Balaban J connectivity index is 2.35. The van der Waals surface area contributed by atoms with E-state index in [-0.39, 0.29) is 6.54 Å². The molecule has 0 bridgehead atoms. The maximum atomic E-state index is 10.4. The van der Waals surface area contributed by atoms with Crippen molar-refractivity contribution in [1.82, 2.24) is 10.3 Å². The molecule has 1 aromatic rings. The highest BCUT2D eigenvalue weighted by Gasteiger charge is 2.11. The number of nitrogens with one attached hydrogen (secondary N) is 1. The molecule has 0 aromatic carbocycles. The molecule has 6 heteroatoms. The van der Waals surface area contributed by atoms with Crippen LogP contribution >= 0.6 is 0 Å². The van der Waals surface area contributed by atoms with Gasteiger partial charge < -0.3 is 20.6 Å². The molecule has 0 aliphatic heterocycles. The van der Waals surface area contributed by atoms with Crippen LogP contribution in [0.2, 0.25) is 0 Å². The lowest BCUT2D eigenvalue weighted by molar-refractivity contribution is -0.138. The Kier molecular flexibility index (Phi) is 3.81. The van der Waals surface area contributed by atoms with Crippen LogP contribution in [0.25, 0.3) is 0 Å². The van der Waals surface area contributed by atoms with Gasteiger partial charge in [0, 0.05) is 6.54 Å². The zero-order valence-corrected chi connectivity index (χ0v) is 8.78. The van der Waals surface area contributed by atoms with E-state index < -0.39 is 12.0 Å². The number of aliphatic carboxylic acids is 1. The molecule has 15 heavy (non-hydrogen) atoms. The fourth-order valence-corrected chi connectivity index (χ4v) is 1.04. The van der Waals surface area contributed by atoms with Gasteiger partial charge in [-0.25, -0.2) is 4.98 Å². The van der Waals surface area contributed by atoms with Crippen molar-refractivity contribution >= 4 is 5.97 Å². The van der Waals surface area contributed by atoms with Crippen LogP contribution in [0.1, 0.15) is 17.3 Å². The quantitative estimate of drug-likeness (QED) is 0.625. The normalized spacial score (nSPS) is 12.7. The Morgan fingerprint density at radius 3 is 2.80 bits per heavy atom. The minimum atomic E-state index is -1.03. The molecule has 0 radical (unpaired) electrons. The van der Waals surface area contributed by atoms with Gasteiger partial charge in [0.25, 0.3) is 0 Å². The molecule has 0 amide bonds. The first-order chi connectivity index (χ1) is 7.00. The minimum absolute atomic E-state index is 0.190. The zero-order chi connectivity index (χ0) is 11.4. The Hall–Kier alpha value is -1.40. The van der Waals surface area contributed by atoms with Crippen molar-refractivity contribution in [3.8, 4) is 0 Å². The zero-order valence-electron chi connectivity index (χ0n) is 8.78. The highest BCUT2D eigenvalue weighted by molar-refractivity contribution is 5.73. The maximum absolute atomic E-state index is 10.4. The van der Waals surface area contributed by atoms with E-state index in [4.69, 9.17) is 15.3 Å². The van der Waals surface area contributed by atoms with Gasteiger partial charge in [-0.3, -0.25) is 4.79 Å². The third-order valence-electron chi connectivity index (χ3n) is 2.03. The summed E-state index contributed by atoms with van der Waals surface area (Å²) in [7, 11) is 0. The largest absolute Gasteiger partial charge is 0.480 e. The van der Waals surface area contributed by atoms with Crippen LogP contribution in [0.15, 0.2) is 4.42 Å². The number of aromatic nitrogens is 1. The lowest BCUT2D eigenvalue weighted by Crippen LogP contribution is -2.40. The molecule has 1 heterocycles. The first-order valence-corrected chi connectivity index (χ1v) is 4.62. The second-order valence-electron chi connectivity index (χ2n) is 3.32. The van der Waals surface area contributed by atoms with Gasteiger partial charge in [-0.15, -0.1) is 0 Å². The fraction of sp³-hybridized carbons (Fsp3) is 0.556. The van der Waals surface area contributed by atoms with Crippen LogP contribution in [0, 0.1) is 13.8 Å². The number of carboxylic acids is 1. The summed E-state index contributed by atoms with van der Waals surface area (Å²) in [6.07, 6.45) is 0. The molecule has 4 N–H and O–H groups in total. The van der Waals surface area contributed by atoms with Crippen molar-refractivity contribution in [2.24, 2.45) is 5.73 Å². The van der Waals surface area contributed by atoms with Gasteiger partial charge in [0.15, 0.2) is 0 Å². The molecule has 1 rings (SSSR count). The van der Waals surface area contributed by atoms with Gasteiger partial charge in [0.2, 0.25) is 5.89 Å². The van der Waals surface area contributed by atoms with Gasteiger partial charge >= 0.3 is 5.97 Å². The summed E-state index contributed by atoms with van der Waals surface area (Å²) in [5.41, 5.74) is 6.14. The molecular formula is C9H15N3O3. The average molecular weight is 213 g/mol. The second kappa shape index (κ2) is 4.90. The number of nitrogens with two attached hydrogens (primary N) is 1. The van der Waals surface area contributed by atoms with Crippen molar-refractivity contribution < 1.29 is 14.3 Å². The van der Waals surface area contributed by atoms with Crippen LogP contribution < -0.4 is 11.1 Å². The van der Waals surface area contributed by atoms with Gasteiger partial charge in [0.1, 0.15) is 11.8 Å². The van der Waals surface area contributed by atoms with Crippen LogP contribution in [-0.2, 0) is 11.3 Å². The number of carboxylic acid groups (broad SMARTS) is 1. The van der Waals surface area contributed by atoms with Crippen LogP contribution in [0.3, 0.4) is 0 Å². The van der Waals surface area contributed by atoms with E-state index in [1.165, 1.54) is 0 Å². The van der Waals surface area contributed by atoms with Crippen molar-refractivity contribution in [2.75, 3.05) is 6.54 Å². The summed E-state index contributed by atoms with van der Waals surface area (Å²) in [4.78, 5) is 14.5. The van der Waals surface area contributed by atoms with E-state index in [1.807, 2.05) is 13.8 Å². The molecule has 0 saturated heterocycles. The summed E-state index contributed by atoms with van der Waals surface area (Å²) >= 11 is 0. The highest BCUT2D eigenvalue weighted by Crippen LogP contribution is 2.07. The molecule has 0 aliphatic rings. The number of aryl methyl sites for hydroxylation is 2. The lowest BCUT2D eigenvalue weighted by Gasteiger charge is -2.05. The second-order valence-corrected chi connectivity index (χ2v) is 3.32.